The highest BCUT2D eigenvalue weighted by molar-refractivity contribution is 5.78. The minimum absolute atomic E-state index is 0.126. The standard InChI is InChI=1S/C16H22N2O2/c1-11-13-10-15(19)17(2)14(16(13)18(3)20-11)9-12-7-5-4-6-8-12/h4-8,11,13-14,16H,9-10H2,1-3H3/t11-,13-,14-,16+/m0/s1. The molecular weight excluding hydrogens is 252 g/mol. The quantitative estimate of drug-likeness (QED) is 0.823. The van der Waals surface area contributed by atoms with Crippen molar-refractivity contribution >= 4 is 5.91 Å². The summed E-state index contributed by atoms with van der Waals surface area (Å²) in [5.74, 6) is 0.537. The van der Waals surface area contributed by atoms with Crippen molar-refractivity contribution in [2.24, 2.45) is 5.92 Å². The molecule has 0 radical (unpaired) electrons. The van der Waals surface area contributed by atoms with Gasteiger partial charge in [-0.3, -0.25) is 9.63 Å². The summed E-state index contributed by atoms with van der Waals surface area (Å²) in [6.07, 6.45) is 1.60. The van der Waals surface area contributed by atoms with Gasteiger partial charge in [0.05, 0.1) is 18.2 Å². The first-order chi connectivity index (χ1) is 9.58. The number of likely N-dealkylation sites (tertiary alicyclic amines) is 1. The molecule has 3 rings (SSSR count). The first kappa shape index (κ1) is 13.6. The lowest BCUT2D eigenvalue weighted by molar-refractivity contribution is -0.153. The number of nitrogens with zero attached hydrogens (tertiary/aromatic N) is 2. The molecule has 108 valence electrons. The number of hydroxylamine groups is 2. The fourth-order valence-corrected chi connectivity index (χ4v) is 3.65. The van der Waals surface area contributed by atoms with Gasteiger partial charge in [0.15, 0.2) is 0 Å². The molecule has 2 aliphatic heterocycles. The minimum atomic E-state index is 0.126. The number of likely N-dealkylation sites (N-methyl/N-ethyl adjacent to an activating group) is 2. The van der Waals surface area contributed by atoms with Gasteiger partial charge < -0.3 is 4.90 Å². The predicted octanol–water partition coefficient (Wildman–Crippen LogP) is 1.71. The zero-order chi connectivity index (χ0) is 14.3. The topological polar surface area (TPSA) is 32.8 Å². The number of hydrogen-bond acceptors (Lipinski definition) is 3. The number of benzene rings is 1. The van der Waals surface area contributed by atoms with E-state index in [2.05, 4.69) is 31.2 Å². The SMILES string of the molecule is C[C@@H]1ON(C)[C@@H]2[C@H]1CC(=O)N(C)[C@H]2Cc1ccccc1. The molecule has 0 aliphatic carbocycles. The van der Waals surface area contributed by atoms with Crippen LogP contribution in [0.2, 0.25) is 0 Å². The zero-order valence-electron chi connectivity index (χ0n) is 12.3. The van der Waals surface area contributed by atoms with Gasteiger partial charge in [-0.25, -0.2) is 0 Å². The van der Waals surface area contributed by atoms with E-state index in [1.807, 2.05) is 30.1 Å². The van der Waals surface area contributed by atoms with Crippen molar-refractivity contribution in [3.8, 4) is 0 Å². The summed E-state index contributed by atoms with van der Waals surface area (Å²) in [5.41, 5.74) is 1.27. The van der Waals surface area contributed by atoms with Crippen LogP contribution >= 0.6 is 0 Å². The van der Waals surface area contributed by atoms with E-state index in [0.29, 0.717) is 12.3 Å². The van der Waals surface area contributed by atoms with Crippen LogP contribution < -0.4 is 0 Å². The Morgan fingerprint density at radius 2 is 1.95 bits per heavy atom. The van der Waals surface area contributed by atoms with Gasteiger partial charge in [-0.1, -0.05) is 30.3 Å². The van der Waals surface area contributed by atoms with Crippen LogP contribution in [0.3, 0.4) is 0 Å². The van der Waals surface area contributed by atoms with Gasteiger partial charge in [0.25, 0.3) is 0 Å². The van der Waals surface area contributed by atoms with Crippen molar-refractivity contribution in [2.45, 2.75) is 38.0 Å². The molecule has 0 saturated carbocycles. The molecule has 1 amide bonds. The summed E-state index contributed by atoms with van der Waals surface area (Å²) in [5, 5.41) is 1.96. The van der Waals surface area contributed by atoms with Crippen LogP contribution in [0.1, 0.15) is 18.9 Å². The number of hydrogen-bond donors (Lipinski definition) is 0. The number of carbonyl (C=O) groups is 1. The average Bonchev–Trinajstić information content (AvgIpc) is 2.71. The number of carbonyl (C=O) groups excluding carboxylic acids is 1. The van der Waals surface area contributed by atoms with E-state index in [4.69, 9.17) is 4.84 Å². The van der Waals surface area contributed by atoms with Gasteiger partial charge in [-0.2, -0.15) is 5.06 Å². The largest absolute Gasteiger partial charge is 0.341 e. The number of fused-ring (bicyclic) bond motifs is 1. The highest BCUT2D eigenvalue weighted by atomic mass is 16.7. The molecule has 2 saturated heterocycles. The van der Waals surface area contributed by atoms with Crippen LogP contribution in [0.25, 0.3) is 0 Å². The Hall–Kier alpha value is -1.39. The van der Waals surface area contributed by atoms with Gasteiger partial charge >= 0.3 is 0 Å². The maximum atomic E-state index is 12.2. The monoisotopic (exact) mass is 274 g/mol. The first-order valence-corrected chi connectivity index (χ1v) is 7.27. The van der Waals surface area contributed by atoms with Crippen LogP contribution in [0.4, 0.5) is 0 Å². The Bertz CT molecular complexity index is 491. The Labute approximate surface area is 120 Å². The summed E-state index contributed by atoms with van der Waals surface area (Å²) in [6, 6.07) is 10.8. The molecule has 2 heterocycles. The van der Waals surface area contributed by atoms with Crippen molar-refractivity contribution < 1.29 is 9.63 Å². The molecular formula is C16H22N2O2. The number of rotatable bonds is 2. The number of piperidine rings is 1. The molecule has 0 aromatic heterocycles. The fraction of sp³-hybridized carbons (Fsp3) is 0.562. The smallest absolute Gasteiger partial charge is 0.223 e. The van der Waals surface area contributed by atoms with E-state index >= 15 is 0 Å². The molecule has 1 aromatic carbocycles. The van der Waals surface area contributed by atoms with Gasteiger partial charge in [-0.15, -0.1) is 0 Å². The fourth-order valence-electron chi connectivity index (χ4n) is 3.65. The van der Waals surface area contributed by atoms with Crippen LogP contribution in [0.15, 0.2) is 30.3 Å². The molecule has 2 fully saturated rings. The van der Waals surface area contributed by atoms with Crippen molar-refractivity contribution in [2.75, 3.05) is 14.1 Å². The summed E-state index contributed by atoms with van der Waals surface area (Å²) in [6.45, 7) is 2.07. The summed E-state index contributed by atoms with van der Waals surface area (Å²) < 4.78 is 0. The Morgan fingerprint density at radius 3 is 2.65 bits per heavy atom. The molecule has 4 nitrogen and oxygen atoms in total. The van der Waals surface area contributed by atoms with Crippen LogP contribution in [0, 0.1) is 5.92 Å². The van der Waals surface area contributed by atoms with E-state index < -0.39 is 0 Å². The summed E-state index contributed by atoms with van der Waals surface area (Å²) >= 11 is 0. The second-order valence-corrected chi connectivity index (χ2v) is 5.98. The normalized spacial score (nSPS) is 34.4. The van der Waals surface area contributed by atoms with Gasteiger partial charge in [0, 0.05) is 26.4 Å². The average molecular weight is 274 g/mol. The van der Waals surface area contributed by atoms with Crippen LogP contribution in [-0.2, 0) is 16.1 Å². The second kappa shape index (κ2) is 5.19. The van der Waals surface area contributed by atoms with E-state index in [1.54, 1.807) is 0 Å². The Morgan fingerprint density at radius 1 is 1.25 bits per heavy atom. The molecule has 0 unspecified atom stereocenters. The van der Waals surface area contributed by atoms with E-state index in [0.717, 1.165) is 6.42 Å². The third kappa shape index (κ3) is 2.23. The maximum Gasteiger partial charge on any atom is 0.223 e. The molecule has 20 heavy (non-hydrogen) atoms. The summed E-state index contributed by atoms with van der Waals surface area (Å²) in [4.78, 5) is 20.0. The van der Waals surface area contributed by atoms with Crippen LogP contribution in [0.5, 0.6) is 0 Å². The Balaban J connectivity index is 1.87. The lowest BCUT2D eigenvalue weighted by Gasteiger charge is -2.42. The molecule has 0 N–H and O–H groups in total. The summed E-state index contributed by atoms with van der Waals surface area (Å²) in [7, 11) is 3.91. The van der Waals surface area contributed by atoms with Crippen molar-refractivity contribution in [3.63, 3.8) is 0 Å². The highest BCUT2D eigenvalue weighted by Gasteiger charge is 2.49. The first-order valence-electron chi connectivity index (χ1n) is 7.27. The zero-order valence-corrected chi connectivity index (χ0v) is 12.3. The third-order valence-electron chi connectivity index (χ3n) is 4.78. The molecule has 0 bridgehead atoms. The molecule has 2 aliphatic rings. The number of amides is 1. The van der Waals surface area contributed by atoms with E-state index in [-0.39, 0.29) is 24.1 Å². The molecule has 1 aromatic rings. The van der Waals surface area contributed by atoms with Crippen LogP contribution in [-0.4, -0.2) is 48.2 Å². The van der Waals surface area contributed by atoms with Gasteiger partial charge in [-0.05, 0) is 18.9 Å². The minimum Gasteiger partial charge on any atom is -0.341 e. The van der Waals surface area contributed by atoms with Crippen molar-refractivity contribution in [1.29, 1.82) is 0 Å². The van der Waals surface area contributed by atoms with Gasteiger partial charge in [0.2, 0.25) is 5.91 Å². The van der Waals surface area contributed by atoms with E-state index in [1.165, 1.54) is 5.56 Å². The van der Waals surface area contributed by atoms with Gasteiger partial charge in [0.1, 0.15) is 0 Å². The van der Waals surface area contributed by atoms with Crippen molar-refractivity contribution in [1.82, 2.24) is 9.96 Å². The second-order valence-electron chi connectivity index (χ2n) is 5.98. The Kier molecular flexibility index (Phi) is 3.52. The van der Waals surface area contributed by atoms with E-state index in [9.17, 15) is 4.79 Å². The molecule has 4 atom stereocenters. The molecule has 0 spiro atoms. The maximum absolute atomic E-state index is 12.2. The lowest BCUT2D eigenvalue weighted by atomic mass is 9.81. The highest BCUT2D eigenvalue weighted by Crippen LogP contribution is 2.37. The lowest BCUT2D eigenvalue weighted by Crippen LogP contribution is -2.57. The third-order valence-corrected chi connectivity index (χ3v) is 4.78. The molecule has 4 heteroatoms. The predicted molar refractivity (Wildman–Crippen MR) is 76.9 cm³/mol. The van der Waals surface area contributed by atoms with Crippen molar-refractivity contribution in [3.05, 3.63) is 35.9 Å².